The summed E-state index contributed by atoms with van der Waals surface area (Å²) in [5, 5.41) is 9.78. The molecule has 3 atom stereocenters. The predicted octanol–water partition coefficient (Wildman–Crippen LogP) is 15.2. The molecule has 0 aliphatic rings. The van der Waals surface area contributed by atoms with Crippen molar-refractivity contribution in [2.24, 2.45) is 0 Å². The quantitative estimate of drug-likeness (QED) is 0.0197. The van der Waals surface area contributed by atoms with Crippen molar-refractivity contribution in [3.05, 3.63) is 122 Å². The highest BCUT2D eigenvalue weighted by atomic mass is 31.2. The van der Waals surface area contributed by atoms with E-state index >= 15 is 0 Å². The Balaban J connectivity index is 4.89. The summed E-state index contributed by atoms with van der Waals surface area (Å²) >= 11 is 0. The van der Waals surface area contributed by atoms with Crippen LogP contribution in [0, 0.1) is 0 Å². The Morgan fingerprint density at radius 3 is 1.20 bits per heavy atom. The Hall–Kier alpha value is -4.12. The van der Waals surface area contributed by atoms with Crippen LogP contribution in [0.5, 0.6) is 0 Å². The van der Waals surface area contributed by atoms with Crippen LogP contribution in [0.3, 0.4) is 0 Å². The van der Waals surface area contributed by atoms with Crippen LogP contribution in [0.4, 0.5) is 0 Å². The molecule has 0 aromatic carbocycles. The van der Waals surface area contributed by atoms with Gasteiger partial charge in [0, 0.05) is 19.3 Å². The molecule has 70 heavy (non-hydrogen) atoms. The first kappa shape index (κ1) is 65.9. The minimum Gasteiger partial charge on any atom is -0.462 e. The number of hydrogen-bond acceptors (Lipinski definition) is 10. The van der Waals surface area contributed by atoms with Crippen LogP contribution >= 0.6 is 7.82 Å². The monoisotopic (exact) mass is 997 g/mol. The highest BCUT2D eigenvalue weighted by Crippen LogP contribution is 2.43. The normalized spacial score (nSPS) is 14.4. The average Bonchev–Trinajstić information content (AvgIpc) is 3.35. The van der Waals surface area contributed by atoms with Crippen LogP contribution in [0.15, 0.2) is 122 Å². The van der Waals surface area contributed by atoms with Gasteiger partial charge in [-0.05, 0) is 109 Å². The van der Waals surface area contributed by atoms with Crippen molar-refractivity contribution >= 4 is 25.7 Å². The van der Waals surface area contributed by atoms with E-state index < -0.39 is 64.4 Å². The van der Waals surface area contributed by atoms with Gasteiger partial charge in [-0.15, -0.1) is 0 Å². The van der Waals surface area contributed by atoms with Gasteiger partial charge >= 0.3 is 25.7 Å². The fraction of sp³-hybridized carbons (Fsp3) is 0.603. The van der Waals surface area contributed by atoms with Gasteiger partial charge in [-0.3, -0.25) is 23.4 Å². The minimum absolute atomic E-state index is 0.0923. The van der Waals surface area contributed by atoms with Crippen LogP contribution in [-0.4, -0.2) is 66.5 Å². The van der Waals surface area contributed by atoms with Crippen molar-refractivity contribution in [2.75, 3.05) is 26.4 Å². The van der Waals surface area contributed by atoms with Crippen molar-refractivity contribution in [1.29, 1.82) is 0 Å². The largest absolute Gasteiger partial charge is 0.472 e. The summed E-state index contributed by atoms with van der Waals surface area (Å²) in [5.74, 6) is -1.62. The van der Waals surface area contributed by atoms with E-state index in [1.165, 1.54) is 0 Å². The van der Waals surface area contributed by atoms with Gasteiger partial charge < -0.3 is 24.2 Å². The summed E-state index contributed by atoms with van der Waals surface area (Å²) in [6.07, 6.45) is 61.8. The van der Waals surface area contributed by atoms with Crippen LogP contribution in [-0.2, 0) is 42.2 Å². The molecule has 0 saturated carbocycles. The van der Waals surface area contributed by atoms with E-state index in [9.17, 15) is 28.9 Å². The summed E-state index contributed by atoms with van der Waals surface area (Å²) in [7, 11) is -4.78. The predicted molar refractivity (Wildman–Crippen MR) is 288 cm³/mol. The van der Waals surface area contributed by atoms with Gasteiger partial charge in [0.2, 0.25) is 0 Å². The zero-order chi connectivity index (χ0) is 51.3. The first-order valence-electron chi connectivity index (χ1n) is 26.4. The van der Waals surface area contributed by atoms with Crippen LogP contribution in [0.25, 0.3) is 0 Å². The summed E-state index contributed by atoms with van der Waals surface area (Å²) in [6.45, 7) is 4.18. The number of esters is 3. The zero-order valence-electron chi connectivity index (χ0n) is 43.4. The molecule has 0 aromatic heterocycles. The van der Waals surface area contributed by atoms with Crippen LogP contribution in [0.1, 0.15) is 188 Å². The molecule has 0 aliphatic heterocycles. The number of ether oxygens (including phenoxy) is 3. The Morgan fingerprint density at radius 1 is 0.414 bits per heavy atom. The van der Waals surface area contributed by atoms with Crippen LogP contribution in [0.2, 0.25) is 0 Å². The Kier molecular flexibility index (Phi) is 48.2. The molecule has 0 aliphatic carbocycles. The molecule has 0 rings (SSSR count). The van der Waals surface area contributed by atoms with Crippen molar-refractivity contribution in [2.45, 2.75) is 200 Å². The Bertz CT molecular complexity index is 1630. The summed E-state index contributed by atoms with van der Waals surface area (Å²) < 4.78 is 39.3. The molecule has 0 amide bonds. The molecule has 3 unspecified atom stereocenters. The topological polar surface area (TPSA) is 155 Å². The number of phosphoric acid groups is 1. The molecule has 0 spiro atoms. The third-order valence-corrected chi connectivity index (χ3v) is 11.3. The zero-order valence-corrected chi connectivity index (χ0v) is 44.3. The van der Waals surface area contributed by atoms with Crippen molar-refractivity contribution in [1.82, 2.24) is 0 Å². The van der Waals surface area contributed by atoms with Gasteiger partial charge in [0.25, 0.3) is 0 Å². The number of carbonyl (C=O) groups excluding carboxylic acids is 3. The van der Waals surface area contributed by atoms with E-state index in [1.807, 2.05) is 12.2 Å². The van der Waals surface area contributed by atoms with Gasteiger partial charge in [0.15, 0.2) is 6.10 Å². The molecule has 0 heterocycles. The number of unbranched alkanes of at least 4 members (excludes halogenated alkanes) is 10. The summed E-state index contributed by atoms with van der Waals surface area (Å²) in [5.41, 5.74) is 0. The van der Waals surface area contributed by atoms with E-state index in [2.05, 4.69) is 130 Å². The van der Waals surface area contributed by atoms with E-state index in [-0.39, 0.29) is 19.3 Å². The van der Waals surface area contributed by atoms with Gasteiger partial charge in [0.1, 0.15) is 12.7 Å². The van der Waals surface area contributed by atoms with Gasteiger partial charge in [0.05, 0.1) is 19.8 Å². The Labute approximate surface area is 424 Å². The highest BCUT2D eigenvalue weighted by molar-refractivity contribution is 7.47. The number of hydrogen-bond donors (Lipinski definition) is 2. The second-order valence-corrected chi connectivity index (χ2v) is 18.4. The molecule has 0 bridgehead atoms. The molecule has 12 heteroatoms. The number of rotatable bonds is 47. The van der Waals surface area contributed by atoms with Crippen molar-refractivity contribution < 1.29 is 52.2 Å². The maximum atomic E-state index is 12.9. The van der Waals surface area contributed by atoms with E-state index in [0.29, 0.717) is 19.3 Å². The molecule has 0 saturated heterocycles. The fourth-order valence-electron chi connectivity index (χ4n) is 6.40. The number of phosphoric ester groups is 1. The lowest BCUT2D eigenvalue weighted by molar-refractivity contribution is -0.161. The maximum absolute atomic E-state index is 12.9. The van der Waals surface area contributed by atoms with Crippen molar-refractivity contribution in [3.8, 4) is 0 Å². The SMILES string of the molecule is CC/C=C\C/C=C\C/C=C\C/C=C\CCCCCCC(=O)OC(COC(=O)CC/C=C\C/C=C\C/C=C\C/C=C\CC)COP(=O)(O)OCC(CO)OC(=O)CCCCCCC/C=C\C/C=C\CCC. The average molecular weight is 997 g/mol. The van der Waals surface area contributed by atoms with Crippen LogP contribution < -0.4 is 0 Å². The molecular formula is C58H93O11P. The van der Waals surface area contributed by atoms with Gasteiger partial charge in [-0.25, -0.2) is 4.57 Å². The van der Waals surface area contributed by atoms with Crippen molar-refractivity contribution in [3.63, 3.8) is 0 Å². The third kappa shape index (κ3) is 48.9. The number of allylic oxidation sites excluding steroid dienone is 20. The number of aliphatic hydroxyl groups excluding tert-OH is 1. The Morgan fingerprint density at radius 2 is 0.771 bits per heavy atom. The lowest BCUT2D eigenvalue weighted by atomic mass is 10.1. The first-order valence-corrected chi connectivity index (χ1v) is 27.9. The second-order valence-electron chi connectivity index (χ2n) is 16.9. The fourth-order valence-corrected chi connectivity index (χ4v) is 7.18. The molecule has 0 fully saturated rings. The van der Waals surface area contributed by atoms with Gasteiger partial charge in [-0.2, -0.15) is 0 Å². The molecule has 0 aromatic rings. The molecular weight excluding hydrogens is 904 g/mol. The second kappa shape index (κ2) is 51.2. The molecule has 0 radical (unpaired) electrons. The smallest absolute Gasteiger partial charge is 0.462 e. The van der Waals surface area contributed by atoms with E-state index in [4.69, 9.17) is 23.3 Å². The standard InChI is InChI=1S/C58H93O11P/c1-4-7-10-13-16-19-22-25-26-27-28-31-34-37-40-43-46-49-58(62)69-55(51-65-56(60)47-44-41-38-35-32-29-23-20-17-14-11-8-5-2)53-67-70(63,64)66-52-54(50-59)68-57(61)48-45-42-39-36-33-30-24-21-18-15-12-9-6-3/h7-8,10-12,15-17,19-21,24-26,28-29,31-32,38,41,54-55,59H,4-6,9,13-14,18,22-23,27,30,33-37,39-40,42-53H2,1-3H3,(H,63,64)/b10-7-,11-8-,15-12-,19-16-,20-17-,24-21-,26-25-,31-28-,32-29-,41-38-. The lowest BCUT2D eigenvalue weighted by Gasteiger charge is -2.21. The summed E-state index contributed by atoms with van der Waals surface area (Å²) in [4.78, 5) is 48.3. The third-order valence-electron chi connectivity index (χ3n) is 10.3. The molecule has 11 nitrogen and oxygen atoms in total. The summed E-state index contributed by atoms with van der Waals surface area (Å²) in [6, 6.07) is 0. The van der Waals surface area contributed by atoms with E-state index in [0.717, 1.165) is 128 Å². The number of aliphatic hydroxyl groups is 1. The lowest BCUT2D eigenvalue weighted by Crippen LogP contribution is -2.30. The van der Waals surface area contributed by atoms with E-state index in [1.54, 1.807) is 0 Å². The number of carbonyl (C=O) groups is 3. The van der Waals surface area contributed by atoms with Gasteiger partial charge in [-0.1, -0.05) is 181 Å². The highest BCUT2D eigenvalue weighted by Gasteiger charge is 2.28. The first-order chi connectivity index (χ1) is 34.2. The molecule has 2 N–H and O–H groups in total. The maximum Gasteiger partial charge on any atom is 0.472 e. The minimum atomic E-state index is -4.78. The molecule has 396 valence electrons.